The lowest BCUT2D eigenvalue weighted by atomic mass is 9.77. The van der Waals surface area contributed by atoms with Gasteiger partial charge in [0, 0.05) is 6.54 Å². The first-order valence-corrected chi connectivity index (χ1v) is 9.27. The summed E-state index contributed by atoms with van der Waals surface area (Å²) in [4.78, 5) is 12.8. The standard InChI is InChI=1S/C15H17ClF3NO5S/c1-14(2,3)12-9-4-5-10(25-26(23,24)15(17,18)19)11(16)8(9)6-7-20(12)13(21)22/h4-5,12H,6-7H2,1-3H3,(H,21,22). The summed E-state index contributed by atoms with van der Waals surface area (Å²) in [6.07, 6.45) is -1.01. The highest BCUT2D eigenvalue weighted by Crippen LogP contribution is 2.46. The third-order valence-electron chi connectivity index (χ3n) is 4.00. The molecule has 0 aliphatic carbocycles. The van der Waals surface area contributed by atoms with Crippen molar-refractivity contribution in [3.8, 4) is 5.75 Å². The van der Waals surface area contributed by atoms with Crippen LogP contribution >= 0.6 is 11.6 Å². The molecule has 1 heterocycles. The number of fused-ring (bicyclic) bond motifs is 1. The number of rotatable bonds is 2. The maximum atomic E-state index is 12.5. The number of amides is 1. The molecule has 2 rings (SSSR count). The van der Waals surface area contributed by atoms with Crippen LogP contribution in [0.15, 0.2) is 12.1 Å². The van der Waals surface area contributed by atoms with Crippen molar-refractivity contribution >= 4 is 27.8 Å². The van der Waals surface area contributed by atoms with Gasteiger partial charge in [0.2, 0.25) is 0 Å². The second-order valence-electron chi connectivity index (χ2n) is 6.92. The van der Waals surface area contributed by atoms with E-state index in [0.717, 1.165) is 6.07 Å². The highest BCUT2D eigenvalue weighted by Gasteiger charge is 2.49. The molecule has 0 fully saturated rings. The molecule has 26 heavy (non-hydrogen) atoms. The number of carboxylic acid groups (broad SMARTS) is 1. The van der Waals surface area contributed by atoms with Crippen LogP contribution in [0.2, 0.25) is 5.02 Å². The van der Waals surface area contributed by atoms with E-state index in [1.807, 2.05) is 20.8 Å². The summed E-state index contributed by atoms with van der Waals surface area (Å²) in [6, 6.07) is 1.76. The van der Waals surface area contributed by atoms with Gasteiger partial charge < -0.3 is 14.2 Å². The largest absolute Gasteiger partial charge is 0.534 e. The van der Waals surface area contributed by atoms with Crippen molar-refractivity contribution in [1.29, 1.82) is 0 Å². The first kappa shape index (κ1) is 20.6. The van der Waals surface area contributed by atoms with E-state index in [1.54, 1.807) is 0 Å². The lowest BCUT2D eigenvalue weighted by Crippen LogP contribution is -2.44. The average Bonchev–Trinajstić information content (AvgIpc) is 2.46. The second-order valence-corrected chi connectivity index (χ2v) is 8.84. The van der Waals surface area contributed by atoms with Crippen molar-refractivity contribution in [2.45, 2.75) is 38.7 Å². The van der Waals surface area contributed by atoms with Gasteiger partial charge in [0.15, 0.2) is 5.75 Å². The molecule has 1 amide bonds. The minimum absolute atomic E-state index is 0.0689. The molecule has 6 nitrogen and oxygen atoms in total. The van der Waals surface area contributed by atoms with Crippen LogP contribution in [0.5, 0.6) is 5.75 Å². The minimum Gasteiger partial charge on any atom is -0.465 e. The molecule has 0 saturated carbocycles. The summed E-state index contributed by atoms with van der Waals surface area (Å²) in [5, 5.41) is 9.16. The maximum Gasteiger partial charge on any atom is 0.534 e. The Kier molecular flexibility index (Phi) is 5.15. The average molecular weight is 416 g/mol. The van der Waals surface area contributed by atoms with Crippen molar-refractivity contribution in [3.63, 3.8) is 0 Å². The maximum absolute atomic E-state index is 12.5. The highest BCUT2D eigenvalue weighted by molar-refractivity contribution is 7.88. The summed E-state index contributed by atoms with van der Waals surface area (Å²) in [5.41, 5.74) is -5.23. The topological polar surface area (TPSA) is 83.9 Å². The summed E-state index contributed by atoms with van der Waals surface area (Å²) in [6.45, 7) is 5.51. The molecule has 1 N–H and O–H groups in total. The van der Waals surface area contributed by atoms with Crippen molar-refractivity contribution in [3.05, 3.63) is 28.3 Å². The summed E-state index contributed by atoms with van der Waals surface area (Å²) in [7, 11) is -5.85. The molecule has 146 valence electrons. The summed E-state index contributed by atoms with van der Waals surface area (Å²) >= 11 is 6.10. The Bertz CT molecular complexity index is 833. The van der Waals surface area contributed by atoms with Crippen molar-refractivity contribution < 1.29 is 35.7 Å². The zero-order valence-electron chi connectivity index (χ0n) is 14.1. The van der Waals surface area contributed by atoms with Gasteiger partial charge in [0.05, 0.1) is 11.1 Å². The van der Waals surface area contributed by atoms with Crippen LogP contribution in [0.4, 0.5) is 18.0 Å². The van der Waals surface area contributed by atoms with E-state index in [9.17, 15) is 31.5 Å². The normalized spacial score (nSPS) is 18.4. The van der Waals surface area contributed by atoms with E-state index >= 15 is 0 Å². The van der Waals surface area contributed by atoms with Crippen LogP contribution in [0, 0.1) is 5.41 Å². The molecule has 1 aromatic carbocycles. The SMILES string of the molecule is CC(C)(C)C1c2ccc(OS(=O)(=O)C(F)(F)F)c(Cl)c2CCN1C(=O)O. The van der Waals surface area contributed by atoms with Crippen LogP contribution in [0.3, 0.4) is 0 Å². The van der Waals surface area contributed by atoms with Crippen LogP contribution in [0.25, 0.3) is 0 Å². The number of benzene rings is 1. The van der Waals surface area contributed by atoms with Gasteiger partial charge in [-0.15, -0.1) is 0 Å². The fourth-order valence-electron chi connectivity index (χ4n) is 3.02. The zero-order valence-corrected chi connectivity index (χ0v) is 15.7. The first-order chi connectivity index (χ1) is 11.7. The lowest BCUT2D eigenvalue weighted by Gasteiger charge is -2.43. The van der Waals surface area contributed by atoms with Gasteiger partial charge >= 0.3 is 21.7 Å². The van der Waals surface area contributed by atoms with Gasteiger partial charge in [-0.25, -0.2) is 4.79 Å². The quantitative estimate of drug-likeness (QED) is 0.578. The summed E-state index contributed by atoms with van der Waals surface area (Å²) in [5.74, 6) is -0.640. The first-order valence-electron chi connectivity index (χ1n) is 7.48. The zero-order chi connectivity index (χ0) is 20.1. The molecule has 0 radical (unpaired) electrons. The van der Waals surface area contributed by atoms with E-state index in [2.05, 4.69) is 4.18 Å². The monoisotopic (exact) mass is 415 g/mol. The van der Waals surface area contributed by atoms with E-state index < -0.39 is 38.9 Å². The van der Waals surface area contributed by atoms with Crippen LogP contribution in [0.1, 0.15) is 37.9 Å². The molecule has 1 aliphatic heterocycles. The molecule has 0 bridgehead atoms. The molecule has 1 aliphatic rings. The van der Waals surface area contributed by atoms with Gasteiger partial charge in [-0.1, -0.05) is 38.4 Å². The highest BCUT2D eigenvalue weighted by atomic mass is 35.5. The van der Waals surface area contributed by atoms with Gasteiger partial charge in [0.25, 0.3) is 0 Å². The predicted octanol–water partition coefficient (Wildman–Crippen LogP) is 4.19. The van der Waals surface area contributed by atoms with E-state index in [0.29, 0.717) is 11.1 Å². The second kappa shape index (κ2) is 6.49. The molecule has 0 spiro atoms. The van der Waals surface area contributed by atoms with Crippen LogP contribution in [-0.2, 0) is 16.5 Å². The number of alkyl halides is 3. The number of nitrogens with zero attached hydrogens (tertiary/aromatic N) is 1. The smallest absolute Gasteiger partial charge is 0.465 e. The van der Waals surface area contributed by atoms with Crippen molar-refractivity contribution in [1.82, 2.24) is 4.90 Å². The number of halogens is 4. The van der Waals surface area contributed by atoms with E-state index in [-0.39, 0.29) is 18.0 Å². The fraction of sp³-hybridized carbons (Fsp3) is 0.533. The molecule has 1 atom stereocenters. The third kappa shape index (κ3) is 3.71. The van der Waals surface area contributed by atoms with Gasteiger partial charge in [-0.2, -0.15) is 21.6 Å². The Hall–Kier alpha value is -1.68. The minimum atomic E-state index is -5.85. The molecule has 0 aromatic heterocycles. The molecule has 1 unspecified atom stereocenters. The number of hydrogen-bond donors (Lipinski definition) is 1. The van der Waals surface area contributed by atoms with Gasteiger partial charge in [0.1, 0.15) is 0 Å². The summed E-state index contributed by atoms with van der Waals surface area (Å²) < 4.78 is 64.1. The molecule has 11 heteroatoms. The van der Waals surface area contributed by atoms with Crippen LogP contribution < -0.4 is 4.18 Å². The van der Waals surface area contributed by atoms with Gasteiger partial charge in [-0.3, -0.25) is 0 Å². The molecule has 1 aromatic rings. The molecule has 0 saturated heterocycles. The molecular weight excluding hydrogens is 399 g/mol. The Balaban J connectivity index is 2.54. The van der Waals surface area contributed by atoms with E-state index in [4.69, 9.17) is 11.6 Å². The number of carbonyl (C=O) groups is 1. The fourth-order valence-corrected chi connectivity index (χ4v) is 3.84. The Morgan fingerprint density at radius 3 is 2.35 bits per heavy atom. The predicted molar refractivity (Wildman–Crippen MR) is 87.7 cm³/mol. The van der Waals surface area contributed by atoms with Crippen molar-refractivity contribution in [2.75, 3.05) is 6.54 Å². The third-order valence-corrected chi connectivity index (χ3v) is 5.38. The molecular formula is C15H17ClF3NO5S. The van der Waals surface area contributed by atoms with Crippen LogP contribution in [-0.4, -0.2) is 36.6 Å². The lowest BCUT2D eigenvalue weighted by molar-refractivity contribution is -0.0500. The van der Waals surface area contributed by atoms with E-state index in [1.165, 1.54) is 11.0 Å². The Labute approximate surface area is 153 Å². The number of hydrogen-bond acceptors (Lipinski definition) is 4. The van der Waals surface area contributed by atoms with Gasteiger partial charge in [-0.05, 0) is 29.0 Å². The Morgan fingerprint density at radius 2 is 1.88 bits per heavy atom. The Morgan fingerprint density at radius 1 is 1.31 bits per heavy atom. The van der Waals surface area contributed by atoms with Crippen molar-refractivity contribution in [2.24, 2.45) is 5.41 Å².